The summed E-state index contributed by atoms with van der Waals surface area (Å²) in [6, 6.07) is 6.65. The van der Waals surface area contributed by atoms with Gasteiger partial charge in [0.25, 0.3) is 0 Å². The van der Waals surface area contributed by atoms with Crippen LogP contribution in [0.2, 0.25) is 0 Å². The van der Waals surface area contributed by atoms with E-state index in [0.29, 0.717) is 0 Å². The van der Waals surface area contributed by atoms with Crippen LogP contribution < -0.4 is 4.74 Å². The molecular weight excluding hydrogens is 260 g/mol. The van der Waals surface area contributed by atoms with Gasteiger partial charge in [0.2, 0.25) is 0 Å². The van der Waals surface area contributed by atoms with E-state index in [4.69, 9.17) is 4.74 Å². The fourth-order valence-electron chi connectivity index (χ4n) is 3.44. The summed E-state index contributed by atoms with van der Waals surface area (Å²) in [5.74, 6) is 1.17. The van der Waals surface area contributed by atoms with Crippen molar-refractivity contribution in [2.24, 2.45) is 0 Å². The third-order valence-electron chi connectivity index (χ3n) is 4.69. The molecular formula is C18H28N2O. The smallest absolute Gasteiger partial charge is 0.126 e. The van der Waals surface area contributed by atoms with E-state index < -0.39 is 0 Å². The summed E-state index contributed by atoms with van der Waals surface area (Å²) in [6.07, 6.45) is 3.39. The average molecular weight is 288 g/mol. The zero-order valence-corrected chi connectivity index (χ0v) is 13.7. The third kappa shape index (κ3) is 3.58. The summed E-state index contributed by atoms with van der Waals surface area (Å²) in [4.78, 5) is 5.00. The van der Waals surface area contributed by atoms with Gasteiger partial charge in [-0.05, 0) is 51.4 Å². The average Bonchev–Trinajstić information content (AvgIpc) is 2.76. The Bertz CT molecular complexity index is 490. The topological polar surface area (TPSA) is 15.7 Å². The molecule has 1 aromatic carbocycles. The summed E-state index contributed by atoms with van der Waals surface area (Å²) < 4.78 is 6.16. The van der Waals surface area contributed by atoms with Gasteiger partial charge in [-0.2, -0.15) is 0 Å². The van der Waals surface area contributed by atoms with Crippen LogP contribution in [0.5, 0.6) is 5.75 Å². The Morgan fingerprint density at radius 3 is 2.67 bits per heavy atom. The van der Waals surface area contributed by atoms with E-state index >= 15 is 0 Å². The van der Waals surface area contributed by atoms with Gasteiger partial charge in [0.1, 0.15) is 11.4 Å². The Kier molecular flexibility index (Phi) is 4.23. The standard InChI is InChI=1S/C18H28N2O/c1-18(2)14-16-7-4-6-15(17(16)21-18)8-5-9-20-12-10-19(3)11-13-20/h4,6-7H,5,8-14H2,1-3H3. The molecule has 0 atom stereocenters. The molecule has 3 rings (SSSR count). The lowest BCUT2D eigenvalue weighted by molar-refractivity contribution is 0.136. The maximum Gasteiger partial charge on any atom is 0.126 e. The van der Waals surface area contributed by atoms with Crippen LogP contribution in [-0.4, -0.2) is 55.2 Å². The molecule has 2 aliphatic heterocycles. The molecule has 116 valence electrons. The van der Waals surface area contributed by atoms with E-state index in [1.54, 1.807) is 0 Å². The number of piperazine rings is 1. The second kappa shape index (κ2) is 5.98. The van der Waals surface area contributed by atoms with Crippen LogP contribution >= 0.6 is 0 Å². The minimum atomic E-state index is -0.0319. The highest BCUT2D eigenvalue weighted by atomic mass is 16.5. The third-order valence-corrected chi connectivity index (χ3v) is 4.69. The van der Waals surface area contributed by atoms with Crippen molar-refractivity contribution in [3.63, 3.8) is 0 Å². The van der Waals surface area contributed by atoms with Crippen molar-refractivity contribution in [2.75, 3.05) is 39.8 Å². The summed E-state index contributed by atoms with van der Waals surface area (Å²) in [6.45, 7) is 10.4. The Hall–Kier alpha value is -1.06. The van der Waals surface area contributed by atoms with Crippen molar-refractivity contribution in [1.82, 2.24) is 9.80 Å². The van der Waals surface area contributed by atoms with Gasteiger partial charge in [-0.3, -0.25) is 0 Å². The molecule has 1 saturated heterocycles. The molecule has 21 heavy (non-hydrogen) atoms. The Labute approximate surface area is 128 Å². The monoisotopic (exact) mass is 288 g/mol. The minimum Gasteiger partial charge on any atom is -0.487 e. The molecule has 2 heterocycles. The molecule has 1 fully saturated rings. The predicted molar refractivity (Wildman–Crippen MR) is 87.1 cm³/mol. The van der Waals surface area contributed by atoms with Gasteiger partial charge >= 0.3 is 0 Å². The van der Waals surface area contributed by atoms with Gasteiger partial charge in [0.15, 0.2) is 0 Å². The first-order valence-electron chi connectivity index (χ1n) is 8.24. The highest BCUT2D eigenvalue weighted by molar-refractivity contribution is 5.45. The van der Waals surface area contributed by atoms with Crippen molar-refractivity contribution in [2.45, 2.75) is 38.7 Å². The summed E-state index contributed by atoms with van der Waals surface area (Å²) in [5, 5.41) is 0. The van der Waals surface area contributed by atoms with Crippen LogP contribution in [0.25, 0.3) is 0 Å². The minimum absolute atomic E-state index is 0.0319. The van der Waals surface area contributed by atoms with Crippen molar-refractivity contribution in [3.8, 4) is 5.75 Å². The van der Waals surface area contributed by atoms with Crippen molar-refractivity contribution in [3.05, 3.63) is 29.3 Å². The highest BCUT2D eigenvalue weighted by Gasteiger charge is 2.31. The fraction of sp³-hybridized carbons (Fsp3) is 0.667. The number of ether oxygens (including phenoxy) is 1. The van der Waals surface area contributed by atoms with E-state index in [-0.39, 0.29) is 5.60 Å². The zero-order chi connectivity index (χ0) is 14.9. The molecule has 0 bridgehead atoms. The number of rotatable bonds is 4. The number of likely N-dealkylation sites (N-methyl/N-ethyl adjacent to an activating group) is 1. The molecule has 3 nitrogen and oxygen atoms in total. The second-order valence-corrected chi connectivity index (χ2v) is 7.19. The van der Waals surface area contributed by atoms with Gasteiger partial charge in [-0.15, -0.1) is 0 Å². The number of fused-ring (bicyclic) bond motifs is 1. The fourth-order valence-corrected chi connectivity index (χ4v) is 3.44. The van der Waals surface area contributed by atoms with Gasteiger partial charge < -0.3 is 14.5 Å². The summed E-state index contributed by atoms with van der Waals surface area (Å²) in [5.41, 5.74) is 2.75. The molecule has 0 amide bonds. The van der Waals surface area contributed by atoms with E-state index in [2.05, 4.69) is 48.9 Å². The van der Waals surface area contributed by atoms with E-state index in [9.17, 15) is 0 Å². The van der Waals surface area contributed by atoms with Gasteiger partial charge in [-0.25, -0.2) is 0 Å². The van der Waals surface area contributed by atoms with Gasteiger partial charge in [0, 0.05) is 32.6 Å². The first-order valence-corrected chi connectivity index (χ1v) is 8.24. The lowest BCUT2D eigenvalue weighted by atomic mass is 9.99. The maximum atomic E-state index is 6.16. The number of hydrogen-bond acceptors (Lipinski definition) is 3. The van der Waals surface area contributed by atoms with Crippen LogP contribution in [0.4, 0.5) is 0 Å². The van der Waals surface area contributed by atoms with Gasteiger partial charge in [-0.1, -0.05) is 18.2 Å². The normalized spacial score (nSPS) is 22.0. The predicted octanol–water partition coefficient (Wildman–Crippen LogP) is 2.58. The largest absolute Gasteiger partial charge is 0.487 e. The van der Waals surface area contributed by atoms with Gasteiger partial charge in [0.05, 0.1) is 0 Å². The number of nitrogens with zero attached hydrogens (tertiary/aromatic N) is 2. The Morgan fingerprint density at radius 1 is 1.14 bits per heavy atom. The molecule has 0 aliphatic carbocycles. The lowest BCUT2D eigenvalue weighted by Gasteiger charge is -2.32. The number of para-hydroxylation sites is 1. The quantitative estimate of drug-likeness (QED) is 0.847. The molecule has 0 saturated carbocycles. The number of aryl methyl sites for hydroxylation is 1. The van der Waals surface area contributed by atoms with Crippen LogP contribution in [0.1, 0.15) is 31.4 Å². The maximum absolute atomic E-state index is 6.16. The van der Waals surface area contributed by atoms with Crippen LogP contribution in [0.15, 0.2) is 18.2 Å². The van der Waals surface area contributed by atoms with Crippen molar-refractivity contribution in [1.29, 1.82) is 0 Å². The Balaban J connectivity index is 1.54. The van der Waals surface area contributed by atoms with Crippen molar-refractivity contribution >= 4 is 0 Å². The molecule has 0 radical (unpaired) electrons. The van der Waals surface area contributed by atoms with E-state index in [1.807, 2.05) is 0 Å². The van der Waals surface area contributed by atoms with Crippen LogP contribution in [-0.2, 0) is 12.8 Å². The first-order chi connectivity index (χ1) is 10.0. The molecule has 0 unspecified atom stereocenters. The molecule has 1 aromatic rings. The SMILES string of the molecule is CN1CCN(CCCc2cccc3c2OC(C)(C)C3)CC1. The molecule has 0 aromatic heterocycles. The van der Waals surface area contributed by atoms with Crippen molar-refractivity contribution < 1.29 is 4.74 Å². The van der Waals surface area contributed by atoms with Crippen LogP contribution in [0.3, 0.4) is 0 Å². The molecule has 0 spiro atoms. The molecule has 0 N–H and O–H groups in total. The summed E-state index contributed by atoms with van der Waals surface area (Å²) in [7, 11) is 2.21. The van der Waals surface area contributed by atoms with E-state index in [1.165, 1.54) is 56.0 Å². The molecule has 2 aliphatic rings. The first kappa shape index (κ1) is 14.9. The van der Waals surface area contributed by atoms with E-state index in [0.717, 1.165) is 12.8 Å². The Morgan fingerprint density at radius 2 is 1.90 bits per heavy atom. The lowest BCUT2D eigenvalue weighted by Crippen LogP contribution is -2.44. The highest BCUT2D eigenvalue weighted by Crippen LogP contribution is 2.37. The number of benzene rings is 1. The zero-order valence-electron chi connectivity index (χ0n) is 13.7. The second-order valence-electron chi connectivity index (χ2n) is 7.19. The molecule has 3 heteroatoms. The summed E-state index contributed by atoms with van der Waals surface area (Å²) >= 11 is 0. The van der Waals surface area contributed by atoms with Crippen LogP contribution in [0, 0.1) is 0 Å². The number of hydrogen-bond donors (Lipinski definition) is 0.